The standard InChI is InChI=1S/C47H91NO7/c1-6-8-10-12-14-15-16-17-18-19-20-21-22-23-24-25-26-27-28-29-30-32-34-36-38-46(50)55-43(41-53-40-39-44(47(51)52)48(3,4)5)42-54-45(49)37-35-33-31-13-11-9-7-2/h43-44H,6-42H2,1-5H3/p+1. The van der Waals surface area contributed by atoms with E-state index in [2.05, 4.69) is 13.8 Å². The second-order valence-corrected chi connectivity index (χ2v) is 17.4. The summed E-state index contributed by atoms with van der Waals surface area (Å²) in [7, 11) is 5.53. The van der Waals surface area contributed by atoms with Crippen LogP contribution in [0, 0.1) is 0 Å². The lowest BCUT2D eigenvalue weighted by Gasteiger charge is -2.31. The minimum atomic E-state index is -0.871. The van der Waals surface area contributed by atoms with E-state index >= 15 is 0 Å². The predicted molar refractivity (Wildman–Crippen MR) is 229 cm³/mol. The van der Waals surface area contributed by atoms with Gasteiger partial charge in [-0.15, -0.1) is 0 Å². The molecule has 55 heavy (non-hydrogen) atoms. The Labute approximate surface area is 340 Å². The third-order valence-corrected chi connectivity index (χ3v) is 11.0. The molecular weight excluding hydrogens is 691 g/mol. The molecular formula is C47H92NO7+. The largest absolute Gasteiger partial charge is 0.477 e. The molecule has 0 bridgehead atoms. The van der Waals surface area contributed by atoms with E-state index in [0.717, 1.165) is 38.5 Å². The van der Waals surface area contributed by atoms with E-state index in [1.807, 2.05) is 21.1 Å². The summed E-state index contributed by atoms with van der Waals surface area (Å²) in [6, 6.07) is -0.607. The Morgan fingerprint density at radius 1 is 0.473 bits per heavy atom. The molecule has 0 aliphatic carbocycles. The second-order valence-electron chi connectivity index (χ2n) is 17.4. The number of esters is 2. The Balaban J connectivity index is 4.03. The first-order chi connectivity index (χ1) is 26.6. The van der Waals surface area contributed by atoms with Crippen LogP contribution in [0.2, 0.25) is 0 Å². The molecule has 0 saturated heterocycles. The fraction of sp³-hybridized carbons (Fsp3) is 0.936. The van der Waals surface area contributed by atoms with Crippen LogP contribution in [-0.4, -0.2) is 80.6 Å². The van der Waals surface area contributed by atoms with Gasteiger partial charge in [0.1, 0.15) is 6.61 Å². The zero-order chi connectivity index (χ0) is 40.7. The van der Waals surface area contributed by atoms with Gasteiger partial charge in [-0.3, -0.25) is 9.59 Å². The third-order valence-electron chi connectivity index (χ3n) is 11.0. The van der Waals surface area contributed by atoms with Crippen LogP contribution >= 0.6 is 0 Å². The van der Waals surface area contributed by atoms with Crippen LogP contribution in [0.4, 0.5) is 0 Å². The van der Waals surface area contributed by atoms with Crippen molar-refractivity contribution in [3.8, 4) is 0 Å². The summed E-state index contributed by atoms with van der Waals surface area (Å²) in [6.45, 7) is 4.73. The van der Waals surface area contributed by atoms with Gasteiger partial charge in [0.25, 0.3) is 0 Å². The Kier molecular flexibility index (Phi) is 38.0. The third kappa shape index (κ3) is 37.7. The number of likely N-dealkylation sites (N-methyl/N-ethyl adjacent to an activating group) is 1. The van der Waals surface area contributed by atoms with Gasteiger partial charge in [0.15, 0.2) is 12.1 Å². The number of hydrogen-bond acceptors (Lipinski definition) is 6. The summed E-state index contributed by atoms with van der Waals surface area (Å²) >= 11 is 0. The predicted octanol–water partition coefficient (Wildman–Crippen LogP) is 12.9. The van der Waals surface area contributed by atoms with Gasteiger partial charge in [-0.1, -0.05) is 200 Å². The summed E-state index contributed by atoms with van der Waals surface area (Å²) in [6.07, 6.45) is 40.3. The number of hydrogen-bond donors (Lipinski definition) is 1. The summed E-state index contributed by atoms with van der Waals surface area (Å²) in [5.74, 6) is -1.45. The number of ether oxygens (including phenoxy) is 3. The molecule has 8 heteroatoms. The number of unbranched alkanes of at least 4 members (excludes halogenated alkanes) is 29. The Bertz CT molecular complexity index is 874. The molecule has 0 radical (unpaired) electrons. The molecule has 8 nitrogen and oxygen atoms in total. The van der Waals surface area contributed by atoms with E-state index < -0.39 is 18.1 Å². The zero-order valence-corrected chi connectivity index (χ0v) is 37.2. The molecule has 0 rings (SSSR count). The van der Waals surface area contributed by atoms with Crippen molar-refractivity contribution in [1.29, 1.82) is 0 Å². The molecule has 1 N–H and O–H groups in total. The lowest BCUT2D eigenvalue weighted by Crippen LogP contribution is -2.50. The maximum absolute atomic E-state index is 12.7. The number of carbonyl (C=O) groups is 3. The lowest BCUT2D eigenvalue weighted by atomic mass is 10.0. The highest BCUT2D eigenvalue weighted by Crippen LogP contribution is 2.17. The minimum Gasteiger partial charge on any atom is -0.477 e. The SMILES string of the molecule is CCCCCCCCCCCCCCCCCCCCCCCCCCC(=O)OC(COCCC(C(=O)O)[N+](C)(C)C)COC(=O)CCCCCCCCC. The van der Waals surface area contributed by atoms with E-state index in [-0.39, 0.29) is 36.2 Å². The van der Waals surface area contributed by atoms with Gasteiger partial charge in [-0.25, -0.2) is 4.79 Å². The first-order valence-corrected chi connectivity index (χ1v) is 23.6. The molecule has 0 amide bonds. The molecule has 0 fully saturated rings. The molecule has 0 aromatic carbocycles. The van der Waals surface area contributed by atoms with Crippen molar-refractivity contribution in [1.82, 2.24) is 0 Å². The van der Waals surface area contributed by atoms with Crippen LogP contribution < -0.4 is 0 Å². The molecule has 0 saturated carbocycles. The second kappa shape index (κ2) is 39.2. The summed E-state index contributed by atoms with van der Waals surface area (Å²) in [5, 5.41) is 9.60. The number of rotatable bonds is 43. The molecule has 0 heterocycles. The number of carboxylic acid groups (broad SMARTS) is 1. The summed E-state index contributed by atoms with van der Waals surface area (Å²) < 4.78 is 17.2. The van der Waals surface area contributed by atoms with Crippen molar-refractivity contribution in [3.05, 3.63) is 0 Å². The number of quaternary nitrogens is 1. The topological polar surface area (TPSA) is 99.1 Å². The Morgan fingerprint density at radius 2 is 0.800 bits per heavy atom. The average Bonchev–Trinajstić information content (AvgIpc) is 3.14. The van der Waals surface area contributed by atoms with Crippen molar-refractivity contribution < 1.29 is 38.2 Å². The monoisotopic (exact) mass is 783 g/mol. The van der Waals surface area contributed by atoms with Crippen molar-refractivity contribution in [2.75, 3.05) is 41.0 Å². The van der Waals surface area contributed by atoms with E-state index in [9.17, 15) is 19.5 Å². The van der Waals surface area contributed by atoms with Crippen LogP contribution in [0.25, 0.3) is 0 Å². The van der Waals surface area contributed by atoms with Crippen LogP contribution in [0.5, 0.6) is 0 Å². The fourth-order valence-electron chi connectivity index (χ4n) is 7.33. The Morgan fingerprint density at radius 3 is 1.13 bits per heavy atom. The van der Waals surface area contributed by atoms with Gasteiger partial charge in [0.05, 0.1) is 34.4 Å². The van der Waals surface area contributed by atoms with Crippen molar-refractivity contribution in [2.24, 2.45) is 0 Å². The summed E-state index contributed by atoms with van der Waals surface area (Å²) in [5.41, 5.74) is 0. The van der Waals surface area contributed by atoms with Crippen LogP contribution in [0.3, 0.4) is 0 Å². The number of carboxylic acids is 1. The molecule has 2 atom stereocenters. The van der Waals surface area contributed by atoms with Crippen LogP contribution in [0.15, 0.2) is 0 Å². The van der Waals surface area contributed by atoms with Gasteiger partial charge in [-0.2, -0.15) is 0 Å². The van der Waals surface area contributed by atoms with Gasteiger partial charge < -0.3 is 23.8 Å². The van der Waals surface area contributed by atoms with Gasteiger partial charge in [0, 0.05) is 19.3 Å². The number of nitrogens with zero attached hydrogens (tertiary/aromatic N) is 1. The van der Waals surface area contributed by atoms with E-state index in [4.69, 9.17) is 14.2 Å². The molecule has 0 aliphatic rings. The van der Waals surface area contributed by atoms with Crippen LogP contribution in [-0.2, 0) is 28.6 Å². The van der Waals surface area contributed by atoms with Crippen molar-refractivity contribution in [2.45, 2.75) is 244 Å². The quantitative estimate of drug-likeness (QED) is 0.0373. The van der Waals surface area contributed by atoms with Crippen molar-refractivity contribution in [3.63, 3.8) is 0 Å². The maximum atomic E-state index is 12.7. The highest BCUT2D eigenvalue weighted by Gasteiger charge is 2.31. The van der Waals surface area contributed by atoms with Gasteiger partial charge >= 0.3 is 17.9 Å². The van der Waals surface area contributed by atoms with E-state index in [1.54, 1.807) is 0 Å². The first kappa shape index (κ1) is 53.3. The smallest absolute Gasteiger partial charge is 0.362 e. The zero-order valence-electron chi connectivity index (χ0n) is 37.2. The maximum Gasteiger partial charge on any atom is 0.362 e. The average molecular weight is 783 g/mol. The highest BCUT2D eigenvalue weighted by atomic mass is 16.6. The summed E-state index contributed by atoms with van der Waals surface area (Å²) in [4.78, 5) is 36.8. The fourth-order valence-corrected chi connectivity index (χ4v) is 7.33. The minimum absolute atomic E-state index is 0.0434. The first-order valence-electron chi connectivity index (χ1n) is 23.6. The number of carbonyl (C=O) groups excluding carboxylic acids is 2. The van der Waals surface area contributed by atoms with Gasteiger partial charge in [-0.05, 0) is 12.8 Å². The Hall–Kier alpha value is -1.67. The molecule has 2 unspecified atom stereocenters. The molecule has 0 aliphatic heterocycles. The molecule has 326 valence electrons. The van der Waals surface area contributed by atoms with Gasteiger partial charge in [0.2, 0.25) is 0 Å². The van der Waals surface area contributed by atoms with Crippen molar-refractivity contribution >= 4 is 17.9 Å². The molecule has 0 aromatic heterocycles. The molecule has 0 aromatic rings. The number of aliphatic carboxylic acids is 1. The van der Waals surface area contributed by atoms with E-state index in [0.29, 0.717) is 19.3 Å². The molecule has 0 spiro atoms. The van der Waals surface area contributed by atoms with Crippen LogP contribution in [0.1, 0.15) is 232 Å². The lowest BCUT2D eigenvalue weighted by molar-refractivity contribution is -0.887. The normalized spacial score (nSPS) is 12.8. The highest BCUT2D eigenvalue weighted by molar-refractivity contribution is 5.72. The van der Waals surface area contributed by atoms with E-state index in [1.165, 1.54) is 161 Å².